The minimum absolute atomic E-state index is 0.0278. The van der Waals surface area contributed by atoms with Gasteiger partial charge >= 0.3 is 5.97 Å². The van der Waals surface area contributed by atoms with E-state index in [-0.39, 0.29) is 18.8 Å². The van der Waals surface area contributed by atoms with Crippen molar-refractivity contribution in [2.45, 2.75) is 30.8 Å². The van der Waals surface area contributed by atoms with Gasteiger partial charge in [0.25, 0.3) is 0 Å². The Balaban J connectivity index is 1.88. The Bertz CT molecular complexity index is 1500. The summed E-state index contributed by atoms with van der Waals surface area (Å²) in [7, 11) is 0. The van der Waals surface area contributed by atoms with E-state index in [1.54, 1.807) is 43.3 Å². The number of Topliss-reactive ketones (excluding diaryl/α,β-unsaturated/α-hetero) is 1. The quantitative estimate of drug-likeness (QED) is 0.221. The summed E-state index contributed by atoms with van der Waals surface area (Å²) in [5.41, 5.74) is -1.21. The summed E-state index contributed by atoms with van der Waals surface area (Å²) in [5.74, 6) is -3.98. The molecule has 5 nitrogen and oxygen atoms in total. The molecule has 1 N–H and O–H groups in total. The second kappa shape index (κ2) is 11.3. The summed E-state index contributed by atoms with van der Waals surface area (Å²) in [4.78, 5) is 28.7. The van der Waals surface area contributed by atoms with E-state index in [1.165, 1.54) is 0 Å². The summed E-state index contributed by atoms with van der Waals surface area (Å²) in [6.07, 6.45) is -0.0278. The number of ether oxygens (including phenoxy) is 1. The van der Waals surface area contributed by atoms with Crippen LogP contribution in [0.2, 0.25) is 0 Å². The molecule has 5 rings (SSSR count). The third-order valence-corrected chi connectivity index (χ3v) is 8.18. The van der Waals surface area contributed by atoms with E-state index in [0.717, 1.165) is 5.56 Å². The van der Waals surface area contributed by atoms with Crippen molar-refractivity contribution in [3.8, 4) is 6.07 Å². The highest BCUT2D eigenvalue weighted by Crippen LogP contribution is 2.63. The molecule has 0 aromatic heterocycles. The van der Waals surface area contributed by atoms with Crippen molar-refractivity contribution in [3.05, 3.63) is 144 Å². The molecule has 0 amide bonds. The van der Waals surface area contributed by atoms with Crippen molar-refractivity contribution in [2.75, 3.05) is 6.61 Å². The molecular formula is C35H31NO4. The van der Waals surface area contributed by atoms with Gasteiger partial charge in [0, 0.05) is 17.4 Å². The average Bonchev–Trinajstić information content (AvgIpc) is 3.02. The first-order chi connectivity index (χ1) is 19.5. The fraction of sp³-hybridized carbons (Fsp3) is 0.229. The van der Waals surface area contributed by atoms with Crippen LogP contribution < -0.4 is 0 Å². The number of rotatable bonds is 7. The van der Waals surface area contributed by atoms with Crippen molar-refractivity contribution in [3.63, 3.8) is 0 Å². The van der Waals surface area contributed by atoms with Crippen molar-refractivity contribution >= 4 is 11.8 Å². The van der Waals surface area contributed by atoms with Crippen LogP contribution in [0.15, 0.2) is 121 Å². The van der Waals surface area contributed by atoms with E-state index < -0.39 is 34.7 Å². The monoisotopic (exact) mass is 529 g/mol. The van der Waals surface area contributed by atoms with Gasteiger partial charge < -0.3 is 9.84 Å². The number of ketones is 1. The number of esters is 1. The number of aliphatic hydroxyl groups is 1. The summed E-state index contributed by atoms with van der Waals surface area (Å²) < 4.78 is 5.63. The molecule has 200 valence electrons. The fourth-order valence-electron chi connectivity index (χ4n) is 6.42. The Kier molecular flexibility index (Phi) is 7.64. The topological polar surface area (TPSA) is 87.4 Å². The Morgan fingerprint density at radius 1 is 0.825 bits per heavy atom. The molecule has 0 spiro atoms. The average molecular weight is 530 g/mol. The molecule has 5 atom stereocenters. The van der Waals surface area contributed by atoms with Crippen LogP contribution in [0, 0.1) is 22.7 Å². The molecule has 0 bridgehead atoms. The summed E-state index contributed by atoms with van der Waals surface area (Å²) >= 11 is 0. The summed E-state index contributed by atoms with van der Waals surface area (Å²) in [5, 5.41) is 23.9. The predicted molar refractivity (Wildman–Crippen MR) is 152 cm³/mol. The van der Waals surface area contributed by atoms with Gasteiger partial charge in [0.1, 0.15) is 5.60 Å². The molecule has 1 aliphatic carbocycles. The Hall–Kier alpha value is -4.53. The lowest BCUT2D eigenvalue weighted by Gasteiger charge is -2.54. The van der Waals surface area contributed by atoms with Crippen LogP contribution in [0.1, 0.15) is 52.2 Å². The summed E-state index contributed by atoms with van der Waals surface area (Å²) in [6.45, 7) is 1.78. The van der Waals surface area contributed by atoms with Crippen molar-refractivity contribution in [1.29, 1.82) is 5.26 Å². The maximum Gasteiger partial charge on any atom is 0.327 e. The van der Waals surface area contributed by atoms with Crippen LogP contribution in [-0.2, 0) is 15.1 Å². The maximum atomic E-state index is 14.6. The van der Waals surface area contributed by atoms with E-state index in [1.807, 2.05) is 84.9 Å². The van der Waals surface area contributed by atoms with Gasteiger partial charge in [-0.05, 0) is 30.0 Å². The first-order valence-corrected chi connectivity index (χ1v) is 13.5. The Morgan fingerprint density at radius 2 is 1.32 bits per heavy atom. The van der Waals surface area contributed by atoms with Crippen LogP contribution in [-0.4, -0.2) is 23.5 Å². The highest BCUT2D eigenvalue weighted by Gasteiger charge is 2.67. The van der Waals surface area contributed by atoms with Gasteiger partial charge in [-0.1, -0.05) is 121 Å². The smallest absolute Gasteiger partial charge is 0.327 e. The molecule has 0 saturated heterocycles. The van der Waals surface area contributed by atoms with Gasteiger partial charge in [0.2, 0.25) is 0 Å². The van der Waals surface area contributed by atoms with E-state index in [0.29, 0.717) is 16.7 Å². The number of nitrogens with zero attached hydrogens (tertiary/aromatic N) is 1. The van der Waals surface area contributed by atoms with Gasteiger partial charge in [0.15, 0.2) is 11.2 Å². The Labute approximate surface area is 234 Å². The van der Waals surface area contributed by atoms with E-state index in [4.69, 9.17) is 4.74 Å². The summed E-state index contributed by atoms with van der Waals surface area (Å²) in [6, 6.07) is 38.7. The molecule has 1 aliphatic rings. The number of hydrogen-bond acceptors (Lipinski definition) is 5. The zero-order valence-corrected chi connectivity index (χ0v) is 22.3. The van der Waals surface area contributed by atoms with Crippen molar-refractivity contribution in [1.82, 2.24) is 0 Å². The Morgan fingerprint density at radius 3 is 1.85 bits per heavy atom. The molecule has 0 aliphatic heterocycles. The van der Waals surface area contributed by atoms with E-state index in [2.05, 4.69) is 6.07 Å². The standard InChI is InChI=1S/C35H31NO4/c1-2-40-33(38)34(24-36)29(25-15-7-3-8-16-25)23-35(39,28-21-13-6-14-22-28)31(30(34)26-17-9-4-10-18-26)32(37)27-19-11-5-12-20-27/h3-22,29-31,39H,2,23H2,1H3/t29-,30-,31+,34-,35-/m1/s1. The first kappa shape index (κ1) is 27.1. The largest absolute Gasteiger partial charge is 0.465 e. The lowest BCUT2D eigenvalue weighted by Crippen LogP contribution is -2.59. The highest BCUT2D eigenvalue weighted by molar-refractivity contribution is 6.00. The number of carbonyl (C=O) groups excluding carboxylic acids is 2. The minimum atomic E-state index is -1.80. The molecule has 0 heterocycles. The van der Waals surface area contributed by atoms with Crippen molar-refractivity contribution < 1.29 is 19.4 Å². The molecule has 4 aromatic carbocycles. The first-order valence-electron chi connectivity index (χ1n) is 13.5. The van der Waals surface area contributed by atoms with Crippen molar-refractivity contribution in [2.24, 2.45) is 11.3 Å². The SMILES string of the molecule is CCOC(=O)[C@]1(C#N)[C@@H](c2ccccc2)C[C@@](O)(c2ccccc2)[C@H](C(=O)c2ccccc2)[C@H]1c1ccccc1. The minimum Gasteiger partial charge on any atom is -0.465 e. The van der Waals surface area contributed by atoms with Crippen LogP contribution in [0.3, 0.4) is 0 Å². The fourth-order valence-corrected chi connectivity index (χ4v) is 6.42. The lowest BCUT2D eigenvalue weighted by atomic mass is 9.47. The van der Waals surface area contributed by atoms with Gasteiger partial charge in [-0.25, -0.2) is 0 Å². The van der Waals surface area contributed by atoms with Gasteiger partial charge in [-0.15, -0.1) is 0 Å². The van der Waals surface area contributed by atoms with Crippen LogP contribution in [0.25, 0.3) is 0 Å². The second-order valence-corrected chi connectivity index (χ2v) is 10.3. The van der Waals surface area contributed by atoms with Crippen LogP contribution in [0.5, 0.6) is 0 Å². The van der Waals surface area contributed by atoms with Gasteiger partial charge in [-0.2, -0.15) is 5.26 Å². The molecule has 5 heteroatoms. The van der Waals surface area contributed by atoms with E-state index >= 15 is 0 Å². The number of benzene rings is 4. The molecule has 0 unspecified atom stereocenters. The van der Waals surface area contributed by atoms with Crippen LogP contribution >= 0.6 is 0 Å². The molecule has 0 radical (unpaired) electrons. The zero-order valence-electron chi connectivity index (χ0n) is 22.3. The highest BCUT2D eigenvalue weighted by atomic mass is 16.5. The third kappa shape index (κ3) is 4.51. The molecular weight excluding hydrogens is 498 g/mol. The van der Waals surface area contributed by atoms with Gasteiger partial charge in [-0.3, -0.25) is 9.59 Å². The lowest BCUT2D eigenvalue weighted by molar-refractivity contribution is -0.164. The maximum absolute atomic E-state index is 14.6. The molecule has 40 heavy (non-hydrogen) atoms. The van der Waals surface area contributed by atoms with Crippen LogP contribution in [0.4, 0.5) is 0 Å². The molecule has 1 fully saturated rings. The number of hydrogen-bond donors (Lipinski definition) is 1. The van der Waals surface area contributed by atoms with E-state index in [9.17, 15) is 20.0 Å². The normalized spacial score (nSPS) is 25.9. The number of nitriles is 1. The number of carbonyl (C=O) groups is 2. The second-order valence-electron chi connectivity index (χ2n) is 10.3. The third-order valence-electron chi connectivity index (χ3n) is 8.18. The zero-order chi connectivity index (χ0) is 28.2. The molecule has 1 saturated carbocycles. The van der Waals surface area contributed by atoms with Gasteiger partial charge in [0.05, 0.1) is 18.6 Å². The predicted octanol–water partition coefficient (Wildman–Crippen LogP) is 6.42. The molecule has 4 aromatic rings.